The third-order valence-corrected chi connectivity index (χ3v) is 6.63. The van der Waals surface area contributed by atoms with Crippen molar-refractivity contribution in [2.45, 2.75) is 32.7 Å². The number of ketones is 1. The number of nitrogens with zero attached hydrogens (tertiary/aromatic N) is 2. The van der Waals surface area contributed by atoms with Crippen molar-refractivity contribution in [1.29, 1.82) is 0 Å². The Kier molecular flexibility index (Phi) is 6.56. The van der Waals surface area contributed by atoms with Crippen molar-refractivity contribution in [3.8, 4) is 0 Å². The number of carbonyl (C=O) groups excluding carboxylic acids is 2. The molecule has 1 aromatic heterocycles. The van der Waals surface area contributed by atoms with Crippen LogP contribution in [0.3, 0.4) is 0 Å². The predicted octanol–water partition coefficient (Wildman–Crippen LogP) is 4.12. The molecule has 0 unspecified atom stereocenters. The average Bonchev–Trinajstić information content (AvgIpc) is 3.10. The maximum Gasteiger partial charge on any atom is 0.220 e. The van der Waals surface area contributed by atoms with Crippen molar-refractivity contribution < 1.29 is 9.59 Å². The Morgan fingerprint density at radius 2 is 1.47 bits per heavy atom. The van der Waals surface area contributed by atoms with E-state index in [4.69, 9.17) is 5.73 Å². The second-order valence-corrected chi connectivity index (χ2v) is 8.75. The van der Waals surface area contributed by atoms with E-state index in [0.717, 1.165) is 42.9 Å². The lowest BCUT2D eigenvalue weighted by atomic mass is 9.96. The number of amides is 1. The highest BCUT2D eigenvalue weighted by Crippen LogP contribution is 2.32. The van der Waals surface area contributed by atoms with Crippen molar-refractivity contribution in [2.24, 2.45) is 11.7 Å². The van der Waals surface area contributed by atoms with Crippen molar-refractivity contribution in [3.05, 3.63) is 94.8 Å². The summed E-state index contributed by atoms with van der Waals surface area (Å²) in [6.07, 6.45) is 1.46. The fourth-order valence-electron chi connectivity index (χ4n) is 4.88. The summed E-state index contributed by atoms with van der Waals surface area (Å²) >= 11 is 0. The van der Waals surface area contributed by atoms with Crippen LogP contribution in [0.25, 0.3) is 0 Å². The van der Waals surface area contributed by atoms with Gasteiger partial charge in [-0.2, -0.15) is 0 Å². The van der Waals surface area contributed by atoms with Crippen LogP contribution in [-0.4, -0.2) is 40.8 Å². The van der Waals surface area contributed by atoms with Crippen LogP contribution in [0.5, 0.6) is 0 Å². The molecule has 1 amide bonds. The summed E-state index contributed by atoms with van der Waals surface area (Å²) in [6, 6.07) is 22.9. The average molecular weight is 430 g/mol. The van der Waals surface area contributed by atoms with E-state index in [2.05, 4.69) is 64.9 Å². The van der Waals surface area contributed by atoms with Gasteiger partial charge in [0.1, 0.15) is 0 Å². The quantitative estimate of drug-likeness (QED) is 0.575. The van der Waals surface area contributed by atoms with Crippen molar-refractivity contribution in [3.63, 3.8) is 0 Å². The molecule has 0 aliphatic carbocycles. The molecule has 1 aliphatic heterocycles. The SMILES string of the molecule is Cc1cc(C(=O)CN2CCC(C(N)=O)CC2)c(C)n1C(c1ccccc1)c1ccccc1. The first-order valence-corrected chi connectivity index (χ1v) is 11.3. The molecule has 5 nitrogen and oxygen atoms in total. The minimum absolute atomic E-state index is 0.00487. The fourth-order valence-corrected chi connectivity index (χ4v) is 4.88. The van der Waals surface area contributed by atoms with Gasteiger partial charge in [-0.3, -0.25) is 14.5 Å². The lowest BCUT2D eigenvalue weighted by Gasteiger charge is -2.29. The molecular weight excluding hydrogens is 398 g/mol. The third kappa shape index (κ3) is 4.53. The molecule has 2 aromatic carbocycles. The van der Waals surface area contributed by atoms with E-state index in [1.165, 1.54) is 11.1 Å². The Morgan fingerprint density at radius 3 is 1.97 bits per heavy atom. The molecule has 0 spiro atoms. The van der Waals surface area contributed by atoms with Gasteiger partial charge in [0.05, 0.1) is 12.6 Å². The lowest BCUT2D eigenvalue weighted by molar-refractivity contribution is -0.123. The Labute approximate surface area is 189 Å². The zero-order chi connectivity index (χ0) is 22.7. The first-order chi connectivity index (χ1) is 15.5. The zero-order valence-corrected chi connectivity index (χ0v) is 18.8. The van der Waals surface area contributed by atoms with E-state index in [9.17, 15) is 9.59 Å². The molecule has 0 bridgehead atoms. The summed E-state index contributed by atoms with van der Waals surface area (Å²) in [4.78, 5) is 26.8. The van der Waals surface area contributed by atoms with E-state index < -0.39 is 0 Å². The number of benzene rings is 2. The largest absolute Gasteiger partial charge is 0.369 e. The van der Waals surface area contributed by atoms with Gasteiger partial charge in [0, 0.05) is 22.9 Å². The summed E-state index contributed by atoms with van der Waals surface area (Å²) in [5.41, 5.74) is 10.6. The van der Waals surface area contributed by atoms with Crippen LogP contribution in [0.1, 0.15) is 51.8 Å². The van der Waals surface area contributed by atoms with E-state index in [0.29, 0.717) is 6.54 Å². The van der Waals surface area contributed by atoms with Gasteiger partial charge in [0.15, 0.2) is 5.78 Å². The predicted molar refractivity (Wildman–Crippen MR) is 127 cm³/mol. The van der Waals surface area contributed by atoms with Gasteiger partial charge in [0.25, 0.3) is 0 Å². The molecule has 0 saturated carbocycles. The molecule has 32 heavy (non-hydrogen) atoms. The summed E-state index contributed by atoms with van der Waals surface area (Å²) in [5, 5.41) is 0. The minimum Gasteiger partial charge on any atom is -0.369 e. The molecule has 2 N–H and O–H groups in total. The van der Waals surface area contributed by atoms with Crippen LogP contribution in [-0.2, 0) is 4.79 Å². The Bertz CT molecular complexity index is 1040. The van der Waals surface area contributed by atoms with E-state index in [1.807, 2.05) is 25.1 Å². The summed E-state index contributed by atoms with van der Waals surface area (Å²) in [7, 11) is 0. The van der Waals surface area contributed by atoms with Gasteiger partial charge in [-0.1, -0.05) is 60.7 Å². The number of Topliss-reactive ketones (excluding diaryl/α,β-unsaturated/α-hetero) is 1. The molecular formula is C27H31N3O2. The van der Waals surface area contributed by atoms with Crippen LogP contribution >= 0.6 is 0 Å². The molecule has 1 aliphatic rings. The molecule has 5 heteroatoms. The topological polar surface area (TPSA) is 68.3 Å². The maximum absolute atomic E-state index is 13.3. The second kappa shape index (κ2) is 9.53. The molecule has 4 rings (SSSR count). The number of aromatic nitrogens is 1. The maximum atomic E-state index is 13.3. The first kappa shape index (κ1) is 22.0. The Morgan fingerprint density at radius 1 is 0.938 bits per heavy atom. The number of likely N-dealkylation sites (tertiary alicyclic amines) is 1. The highest BCUT2D eigenvalue weighted by Gasteiger charge is 2.27. The molecule has 2 heterocycles. The van der Waals surface area contributed by atoms with Gasteiger partial charge in [-0.25, -0.2) is 0 Å². The third-order valence-electron chi connectivity index (χ3n) is 6.63. The van der Waals surface area contributed by atoms with Crippen LogP contribution < -0.4 is 5.73 Å². The van der Waals surface area contributed by atoms with Gasteiger partial charge in [0.2, 0.25) is 5.91 Å². The minimum atomic E-state index is -0.229. The van der Waals surface area contributed by atoms with E-state index >= 15 is 0 Å². The van der Waals surface area contributed by atoms with Crippen LogP contribution in [0.4, 0.5) is 0 Å². The lowest BCUT2D eigenvalue weighted by Crippen LogP contribution is -2.40. The standard InChI is InChI=1S/C27H31N3O2/c1-19-17-24(25(31)18-29-15-13-23(14-16-29)27(28)32)20(2)30(19)26(21-9-5-3-6-10-21)22-11-7-4-8-12-22/h3-12,17,23,26H,13-16,18H2,1-2H3,(H2,28,32). The Hall–Kier alpha value is -3.18. The summed E-state index contributed by atoms with van der Waals surface area (Å²) in [5.74, 6) is -0.168. The highest BCUT2D eigenvalue weighted by molar-refractivity contribution is 5.99. The number of hydrogen-bond acceptors (Lipinski definition) is 3. The van der Waals surface area contributed by atoms with Gasteiger partial charge in [-0.15, -0.1) is 0 Å². The monoisotopic (exact) mass is 429 g/mol. The van der Waals surface area contributed by atoms with E-state index in [-0.39, 0.29) is 23.7 Å². The molecule has 3 aromatic rings. The van der Waals surface area contributed by atoms with Crippen molar-refractivity contribution in [1.82, 2.24) is 9.47 Å². The molecule has 1 saturated heterocycles. The zero-order valence-electron chi connectivity index (χ0n) is 18.8. The van der Waals surface area contributed by atoms with E-state index in [1.54, 1.807) is 0 Å². The van der Waals surface area contributed by atoms with Crippen molar-refractivity contribution in [2.75, 3.05) is 19.6 Å². The summed E-state index contributed by atoms with van der Waals surface area (Å²) < 4.78 is 2.28. The molecule has 1 fully saturated rings. The number of rotatable bonds is 7. The van der Waals surface area contributed by atoms with Crippen LogP contribution in [0.2, 0.25) is 0 Å². The second-order valence-electron chi connectivity index (χ2n) is 8.75. The number of aryl methyl sites for hydroxylation is 1. The summed E-state index contributed by atoms with van der Waals surface area (Å²) in [6.45, 7) is 5.94. The van der Waals surface area contributed by atoms with Crippen LogP contribution in [0, 0.1) is 19.8 Å². The normalized spacial score (nSPS) is 15.2. The number of primary amides is 1. The molecule has 0 atom stereocenters. The Balaban J connectivity index is 1.61. The van der Waals surface area contributed by atoms with Crippen molar-refractivity contribution >= 4 is 11.7 Å². The van der Waals surface area contributed by atoms with Gasteiger partial charge in [-0.05, 0) is 57.0 Å². The number of piperidine rings is 1. The van der Waals surface area contributed by atoms with Gasteiger partial charge < -0.3 is 10.3 Å². The first-order valence-electron chi connectivity index (χ1n) is 11.3. The fraction of sp³-hybridized carbons (Fsp3) is 0.333. The van der Waals surface area contributed by atoms with Gasteiger partial charge >= 0.3 is 0 Å². The smallest absolute Gasteiger partial charge is 0.220 e. The molecule has 0 radical (unpaired) electrons. The number of hydrogen-bond donors (Lipinski definition) is 1. The number of nitrogens with two attached hydrogens (primary N) is 1. The highest BCUT2D eigenvalue weighted by atomic mass is 16.1. The number of carbonyl (C=O) groups is 2. The van der Waals surface area contributed by atoms with Crippen LogP contribution in [0.15, 0.2) is 66.7 Å². The molecule has 166 valence electrons.